The molecule has 0 saturated carbocycles. The van der Waals surface area contributed by atoms with E-state index < -0.39 is 0 Å². The van der Waals surface area contributed by atoms with Crippen molar-refractivity contribution in [3.05, 3.63) is 77.3 Å². The average Bonchev–Trinajstić information content (AvgIpc) is 3.36. The van der Waals surface area contributed by atoms with Crippen LogP contribution < -0.4 is 5.32 Å². The van der Waals surface area contributed by atoms with Gasteiger partial charge >= 0.3 is 0 Å². The summed E-state index contributed by atoms with van der Waals surface area (Å²) < 4.78 is 1.17. The van der Waals surface area contributed by atoms with Gasteiger partial charge in [-0.1, -0.05) is 42.5 Å². The zero-order chi connectivity index (χ0) is 20.5. The molecule has 2 aromatic heterocycles. The second-order valence-electron chi connectivity index (χ2n) is 7.90. The Morgan fingerprint density at radius 1 is 1.13 bits per heavy atom. The molecular weight excluding hydrogens is 390 g/mol. The lowest BCUT2D eigenvalue weighted by Gasteiger charge is -2.19. The highest BCUT2D eigenvalue weighted by Gasteiger charge is 2.22. The van der Waals surface area contributed by atoms with Crippen LogP contribution in [0.25, 0.3) is 21.3 Å². The van der Waals surface area contributed by atoms with Crippen LogP contribution in [-0.4, -0.2) is 27.8 Å². The van der Waals surface area contributed by atoms with E-state index in [4.69, 9.17) is 4.98 Å². The molecule has 0 spiro atoms. The zero-order valence-electron chi connectivity index (χ0n) is 17.0. The van der Waals surface area contributed by atoms with Crippen molar-refractivity contribution in [1.29, 1.82) is 0 Å². The van der Waals surface area contributed by atoms with Crippen LogP contribution in [0.15, 0.2) is 66.2 Å². The van der Waals surface area contributed by atoms with Gasteiger partial charge < -0.3 is 10.4 Å². The molecular formula is C25H25N3OS. The van der Waals surface area contributed by atoms with E-state index in [9.17, 15) is 5.11 Å². The Kier molecular flexibility index (Phi) is 5.25. The molecule has 0 aliphatic carbocycles. The molecule has 4 aromatic rings. The van der Waals surface area contributed by atoms with Crippen LogP contribution in [-0.2, 0) is 6.54 Å². The van der Waals surface area contributed by atoms with Crippen LogP contribution in [0.4, 0.5) is 11.4 Å². The number of aliphatic hydroxyl groups is 1. The highest BCUT2D eigenvalue weighted by Crippen LogP contribution is 2.35. The van der Waals surface area contributed by atoms with Crippen LogP contribution in [0.3, 0.4) is 0 Å². The Morgan fingerprint density at radius 2 is 2.00 bits per heavy atom. The molecule has 0 bridgehead atoms. The lowest BCUT2D eigenvalue weighted by atomic mass is 9.99. The lowest BCUT2D eigenvalue weighted by molar-refractivity contribution is 0.0328. The van der Waals surface area contributed by atoms with Crippen LogP contribution >= 0.6 is 11.3 Å². The fraction of sp³-hybridized carbons (Fsp3) is 0.240. The maximum absolute atomic E-state index is 10.1. The first kappa shape index (κ1) is 19.2. The molecule has 1 saturated heterocycles. The van der Waals surface area contributed by atoms with E-state index in [0.29, 0.717) is 0 Å². The summed E-state index contributed by atoms with van der Waals surface area (Å²) >= 11 is 1.71. The van der Waals surface area contributed by atoms with Crippen LogP contribution in [0, 0.1) is 6.92 Å². The molecule has 2 aromatic carbocycles. The standard InChI is InChI=1S/C25H25N3OS/c1-17-20(19-7-3-2-4-8-19)9-5-10-21(17)27-22-16-30-23-13-18(14-26-25(22)23)15-28-12-6-11-24(28)29/h2-5,7-10,13-14,16,24,27,29H,6,11-12,15H2,1H3. The molecule has 1 aliphatic rings. The molecule has 152 valence electrons. The maximum atomic E-state index is 10.1. The third-order valence-electron chi connectivity index (χ3n) is 5.87. The van der Waals surface area contributed by atoms with E-state index in [-0.39, 0.29) is 6.23 Å². The quantitative estimate of drug-likeness (QED) is 0.424. The van der Waals surface area contributed by atoms with Gasteiger partial charge in [0.15, 0.2) is 0 Å². The molecule has 3 heterocycles. The van der Waals surface area contributed by atoms with Crippen molar-refractivity contribution in [2.24, 2.45) is 0 Å². The summed E-state index contributed by atoms with van der Waals surface area (Å²) in [7, 11) is 0. The lowest BCUT2D eigenvalue weighted by Crippen LogP contribution is -2.28. The van der Waals surface area contributed by atoms with Gasteiger partial charge in [-0.25, -0.2) is 0 Å². The normalized spacial score (nSPS) is 16.9. The van der Waals surface area contributed by atoms with Crippen molar-refractivity contribution in [3.8, 4) is 11.1 Å². The van der Waals surface area contributed by atoms with Gasteiger partial charge in [-0.2, -0.15) is 0 Å². The first-order valence-electron chi connectivity index (χ1n) is 10.4. The molecule has 1 fully saturated rings. The predicted molar refractivity (Wildman–Crippen MR) is 125 cm³/mol. The molecule has 5 rings (SSSR count). The average molecular weight is 416 g/mol. The number of nitrogens with one attached hydrogen (secondary N) is 1. The summed E-state index contributed by atoms with van der Waals surface area (Å²) in [6.07, 6.45) is 3.55. The van der Waals surface area contributed by atoms with Gasteiger partial charge in [0.25, 0.3) is 0 Å². The zero-order valence-corrected chi connectivity index (χ0v) is 17.8. The van der Waals surface area contributed by atoms with Crippen molar-refractivity contribution in [3.63, 3.8) is 0 Å². The largest absolute Gasteiger partial charge is 0.378 e. The third-order valence-corrected chi connectivity index (χ3v) is 6.79. The summed E-state index contributed by atoms with van der Waals surface area (Å²) in [5.74, 6) is 0. The third kappa shape index (κ3) is 3.72. The van der Waals surface area contributed by atoms with E-state index in [1.165, 1.54) is 21.4 Å². The second-order valence-corrected chi connectivity index (χ2v) is 8.81. The Morgan fingerprint density at radius 3 is 2.80 bits per heavy atom. The Balaban J connectivity index is 1.41. The number of thiophene rings is 1. The van der Waals surface area contributed by atoms with Crippen molar-refractivity contribution < 1.29 is 5.11 Å². The van der Waals surface area contributed by atoms with Crippen molar-refractivity contribution >= 4 is 32.9 Å². The van der Waals surface area contributed by atoms with E-state index in [1.54, 1.807) is 11.3 Å². The van der Waals surface area contributed by atoms with E-state index >= 15 is 0 Å². The Hall–Kier alpha value is -2.73. The summed E-state index contributed by atoms with van der Waals surface area (Å²) in [6, 6.07) is 19.1. The van der Waals surface area contributed by atoms with E-state index in [0.717, 1.165) is 48.4 Å². The highest BCUT2D eigenvalue weighted by molar-refractivity contribution is 7.17. The minimum Gasteiger partial charge on any atom is -0.378 e. The highest BCUT2D eigenvalue weighted by atomic mass is 32.1. The van der Waals surface area contributed by atoms with Gasteiger partial charge in [-0.15, -0.1) is 11.3 Å². The molecule has 30 heavy (non-hydrogen) atoms. The molecule has 0 radical (unpaired) electrons. The number of nitrogens with zero attached hydrogens (tertiary/aromatic N) is 2. The number of pyridine rings is 1. The summed E-state index contributed by atoms with van der Waals surface area (Å²) in [5.41, 5.74) is 7.97. The van der Waals surface area contributed by atoms with Crippen molar-refractivity contribution in [2.45, 2.75) is 32.5 Å². The summed E-state index contributed by atoms with van der Waals surface area (Å²) in [6.45, 7) is 3.86. The molecule has 2 N–H and O–H groups in total. The summed E-state index contributed by atoms with van der Waals surface area (Å²) in [4.78, 5) is 6.87. The van der Waals surface area contributed by atoms with Crippen molar-refractivity contribution in [1.82, 2.24) is 9.88 Å². The van der Waals surface area contributed by atoms with Gasteiger partial charge in [0.2, 0.25) is 0 Å². The number of fused-ring (bicyclic) bond motifs is 1. The fourth-order valence-electron chi connectivity index (χ4n) is 4.20. The Bertz CT molecular complexity index is 1170. The van der Waals surface area contributed by atoms with Gasteiger partial charge in [0, 0.05) is 30.4 Å². The minimum absolute atomic E-state index is 0.318. The molecule has 1 atom stereocenters. The first-order chi connectivity index (χ1) is 14.7. The van der Waals surface area contributed by atoms with Crippen LogP contribution in [0.5, 0.6) is 0 Å². The Labute approximate surface area is 180 Å². The first-order valence-corrected chi connectivity index (χ1v) is 11.3. The molecule has 5 heteroatoms. The maximum Gasteiger partial charge on any atom is 0.107 e. The molecule has 4 nitrogen and oxygen atoms in total. The van der Waals surface area contributed by atoms with Gasteiger partial charge in [-0.3, -0.25) is 9.88 Å². The monoisotopic (exact) mass is 415 g/mol. The van der Waals surface area contributed by atoms with E-state index in [1.807, 2.05) is 12.3 Å². The molecule has 1 unspecified atom stereocenters. The van der Waals surface area contributed by atoms with Crippen LogP contribution in [0.2, 0.25) is 0 Å². The number of likely N-dealkylation sites (tertiary alicyclic amines) is 1. The summed E-state index contributed by atoms with van der Waals surface area (Å²) in [5, 5.41) is 15.8. The number of anilines is 2. The second kappa shape index (κ2) is 8.19. The van der Waals surface area contributed by atoms with Gasteiger partial charge in [-0.05, 0) is 54.2 Å². The van der Waals surface area contributed by atoms with Crippen molar-refractivity contribution in [2.75, 3.05) is 11.9 Å². The number of hydrogen-bond acceptors (Lipinski definition) is 5. The SMILES string of the molecule is Cc1c(Nc2csc3cc(CN4CCCC4O)cnc23)cccc1-c1ccccc1. The number of rotatable bonds is 5. The van der Waals surface area contributed by atoms with Crippen LogP contribution in [0.1, 0.15) is 24.0 Å². The van der Waals surface area contributed by atoms with E-state index in [2.05, 4.69) is 71.1 Å². The molecule has 0 amide bonds. The topological polar surface area (TPSA) is 48.4 Å². The van der Waals surface area contributed by atoms with Gasteiger partial charge in [0.1, 0.15) is 11.7 Å². The predicted octanol–water partition coefficient (Wildman–Crippen LogP) is 5.93. The number of aromatic nitrogens is 1. The van der Waals surface area contributed by atoms with Gasteiger partial charge in [0.05, 0.1) is 10.4 Å². The smallest absolute Gasteiger partial charge is 0.107 e. The fourth-order valence-corrected chi connectivity index (χ4v) is 5.11. The number of hydrogen-bond donors (Lipinski definition) is 2. The number of aliphatic hydroxyl groups excluding tert-OH is 1. The minimum atomic E-state index is -0.318. The molecule has 1 aliphatic heterocycles. The number of benzene rings is 2.